The van der Waals surface area contributed by atoms with Crippen LogP contribution in [0.5, 0.6) is 11.5 Å². The number of carbonyl (C=O) groups is 1. The third-order valence-electron chi connectivity index (χ3n) is 4.52. The molecular weight excluding hydrogens is 374 g/mol. The van der Waals surface area contributed by atoms with E-state index in [1.54, 1.807) is 23.6 Å². The quantitative estimate of drug-likeness (QED) is 0.685. The van der Waals surface area contributed by atoms with E-state index in [4.69, 9.17) is 14.6 Å². The lowest BCUT2D eigenvalue weighted by atomic mass is 10.2. The number of hydrogen-bond donors (Lipinski definition) is 1. The molecule has 144 valence electrons. The van der Waals surface area contributed by atoms with Crippen LogP contribution in [0.4, 0.5) is 5.82 Å². The van der Waals surface area contributed by atoms with Gasteiger partial charge in [-0.3, -0.25) is 4.79 Å². The number of methoxy groups -OCH3 is 1. The van der Waals surface area contributed by atoms with Crippen molar-refractivity contribution in [2.75, 3.05) is 19.0 Å². The van der Waals surface area contributed by atoms with Crippen LogP contribution in [0.15, 0.2) is 48.5 Å². The first-order chi connectivity index (χ1) is 13.6. The summed E-state index contributed by atoms with van der Waals surface area (Å²) in [6.07, 6.45) is 0. The molecule has 0 unspecified atom stereocenters. The number of hydrogen-bond acceptors (Lipinski definition) is 5. The second kappa shape index (κ2) is 7.98. The van der Waals surface area contributed by atoms with E-state index in [2.05, 4.69) is 5.32 Å². The summed E-state index contributed by atoms with van der Waals surface area (Å²) in [4.78, 5) is 12.5. The van der Waals surface area contributed by atoms with Crippen LogP contribution in [0.25, 0.3) is 5.69 Å². The van der Waals surface area contributed by atoms with Gasteiger partial charge < -0.3 is 14.8 Å². The summed E-state index contributed by atoms with van der Waals surface area (Å²) < 4.78 is 12.6. The molecular formula is C21H21N3O3S. The number of nitrogens with one attached hydrogen (secondary N) is 1. The first-order valence-corrected chi connectivity index (χ1v) is 10.1. The maximum absolute atomic E-state index is 12.5. The molecule has 2 aromatic carbocycles. The summed E-state index contributed by atoms with van der Waals surface area (Å²) in [5.41, 5.74) is 4.10. The highest BCUT2D eigenvalue weighted by Crippen LogP contribution is 2.36. The minimum absolute atomic E-state index is 0.0568. The number of nitrogens with zero attached hydrogens (tertiary/aromatic N) is 2. The van der Waals surface area contributed by atoms with Crippen LogP contribution in [-0.4, -0.2) is 29.4 Å². The molecule has 1 aliphatic heterocycles. The zero-order chi connectivity index (χ0) is 19.5. The van der Waals surface area contributed by atoms with Gasteiger partial charge >= 0.3 is 0 Å². The van der Waals surface area contributed by atoms with Gasteiger partial charge in [-0.2, -0.15) is 16.9 Å². The van der Waals surface area contributed by atoms with Gasteiger partial charge in [0.05, 0.1) is 18.5 Å². The van der Waals surface area contributed by atoms with E-state index >= 15 is 0 Å². The van der Waals surface area contributed by atoms with Gasteiger partial charge in [0.2, 0.25) is 0 Å². The van der Waals surface area contributed by atoms with E-state index in [0.717, 1.165) is 39.8 Å². The van der Waals surface area contributed by atoms with Crippen molar-refractivity contribution < 1.29 is 14.3 Å². The van der Waals surface area contributed by atoms with E-state index in [9.17, 15) is 4.79 Å². The van der Waals surface area contributed by atoms with Crippen LogP contribution < -0.4 is 14.8 Å². The van der Waals surface area contributed by atoms with Crippen LogP contribution in [0.3, 0.4) is 0 Å². The first kappa shape index (κ1) is 18.4. The molecule has 1 aliphatic rings. The van der Waals surface area contributed by atoms with Gasteiger partial charge in [0.25, 0.3) is 5.91 Å². The van der Waals surface area contributed by atoms with Crippen LogP contribution in [0, 0.1) is 6.92 Å². The van der Waals surface area contributed by atoms with E-state index < -0.39 is 0 Å². The van der Waals surface area contributed by atoms with Gasteiger partial charge in [-0.05, 0) is 43.3 Å². The van der Waals surface area contributed by atoms with Crippen LogP contribution in [0.1, 0.15) is 16.8 Å². The minimum atomic E-state index is -0.213. The topological polar surface area (TPSA) is 65.4 Å². The third kappa shape index (κ3) is 3.84. The zero-order valence-corrected chi connectivity index (χ0v) is 16.6. The molecule has 0 atom stereocenters. The van der Waals surface area contributed by atoms with Gasteiger partial charge in [0, 0.05) is 17.1 Å². The Morgan fingerprint density at radius 3 is 2.54 bits per heavy atom. The standard InChI is InChI=1S/C21H21N3O3S/c1-14-3-7-17(8-4-14)27-11-20(25)22-21-18-12-28-13-19(18)23-24(21)15-5-9-16(26-2)10-6-15/h3-10H,11-13H2,1-2H3,(H,22,25). The Hall–Kier alpha value is -2.93. The molecule has 7 heteroatoms. The Balaban J connectivity index is 1.53. The Kier molecular flexibility index (Phi) is 5.25. The molecule has 6 nitrogen and oxygen atoms in total. The van der Waals surface area contributed by atoms with Crippen molar-refractivity contribution >= 4 is 23.5 Å². The SMILES string of the molecule is COc1ccc(-n2nc3c(c2NC(=O)COc2ccc(C)cc2)CSC3)cc1. The average Bonchev–Trinajstić information content (AvgIpc) is 3.30. The monoisotopic (exact) mass is 395 g/mol. The van der Waals surface area contributed by atoms with E-state index in [1.807, 2.05) is 55.5 Å². The average molecular weight is 395 g/mol. The summed E-state index contributed by atoms with van der Waals surface area (Å²) in [7, 11) is 1.63. The molecule has 0 saturated heterocycles. The lowest BCUT2D eigenvalue weighted by molar-refractivity contribution is -0.118. The van der Waals surface area contributed by atoms with Crippen molar-refractivity contribution in [3.8, 4) is 17.2 Å². The van der Waals surface area contributed by atoms with E-state index in [1.165, 1.54) is 0 Å². The molecule has 0 aliphatic carbocycles. The fraction of sp³-hybridized carbons (Fsp3) is 0.238. The molecule has 4 rings (SSSR count). The molecule has 28 heavy (non-hydrogen) atoms. The summed E-state index contributed by atoms with van der Waals surface area (Å²) in [5.74, 6) is 3.63. The number of rotatable bonds is 6. The predicted octanol–water partition coefficient (Wildman–Crippen LogP) is 3.95. The van der Waals surface area contributed by atoms with Crippen LogP contribution in [0.2, 0.25) is 0 Å². The number of ether oxygens (including phenoxy) is 2. The number of fused-ring (bicyclic) bond motifs is 1. The highest BCUT2D eigenvalue weighted by molar-refractivity contribution is 7.98. The van der Waals surface area contributed by atoms with Crippen molar-refractivity contribution in [1.82, 2.24) is 9.78 Å². The molecule has 0 fully saturated rings. The number of anilines is 1. The molecule has 2 heterocycles. The Morgan fingerprint density at radius 1 is 1.11 bits per heavy atom. The molecule has 0 bridgehead atoms. The number of amides is 1. The summed E-state index contributed by atoms with van der Waals surface area (Å²) >= 11 is 1.79. The molecule has 1 aromatic heterocycles. The van der Waals surface area contributed by atoms with Crippen molar-refractivity contribution in [2.45, 2.75) is 18.4 Å². The zero-order valence-electron chi connectivity index (χ0n) is 15.8. The highest BCUT2D eigenvalue weighted by atomic mass is 32.2. The van der Waals surface area contributed by atoms with Gasteiger partial charge in [0.1, 0.15) is 17.3 Å². The molecule has 1 amide bonds. The van der Waals surface area contributed by atoms with Crippen molar-refractivity contribution in [1.29, 1.82) is 0 Å². The number of thioether (sulfide) groups is 1. The van der Waals surface area contributed by atoms with Crippen molar-refractivity contribution in [3.63, 3.8) is 0 Å². The van der Waals surface area contributed by atoms with Crippen LogP contribution >= 0.6 is 11.8 Å². The third-order valence-corrected chi connectivity index (χ3v) is 5.49. The molecule has 0 spiro atoms. The summed E-state index contributed by atoms with van der Waals surface area (Å²) in [5, 5.41) is 7.69. The fourth-order valence-corrected chi connectivity index (χ4v) is 4.04. The van der Waals surface area contributed by atoms with Crippen molar-refractivity contribution in [3.05, 3.63) is 65.4 Å². The molecule has 3 aromatic rings. The predicted molar refractivity (Wildman–Crippen MR) is 110 cm³/mol. The summed E-state index contributed by atoms with van der Waals surface area (Å²) in [6.45, 7) is 1.95. The largest absolute Gasteiger partial charge is 0.497 e. The van der Waals surface area contributed by atoms with E-state index in [0.29, 0.717) is 11.6 Å². The lowest BCUT2D eigenvalue weighted by Gasteiger charge is -2.12. The normalized spacial score (nSPS) is 12.5. The fourth-order valence-electron chi connectivity index (χ4n) is 3.00. The van der Waals surface area contributed by atoms with Gasteiger partial charge in [0.15, 0.2) is 6.61 Å². The Morgan fingerprint density at radius 2 is 1.82 bits per heavy atom. The van der Waals surface area contributed by atoms with Gasteiger partial charge in [-0.25, -0.2) is 4.68 Å². The Bertz CT molecular complexity index is 981. The molecule has 1 N–H and O–H groups in total. The maximum Gasteiger partial charge on any atom is 0.263 e. The number of benzene rings is 2. The van der Waals surface area contributed by atoms with E-state index in [-0.39, 0.29) is 12.5 Å². The first-order valence-electron chi connectivity index (χ1n) is 8.96. The number of carbonyl (C=O) groups excluding carboxylic acids is 1. The second-order valence-electron chi connectivity index (χ2n) is 6.53. The van der Waals surface area contributed by atoms with Gasteiger partial charge in [-0.1, -0.05) is 17.7 Å². The smallest absolute Gasteiger partial charge is 0.263 e. The highest BCUT2D eigenvalue weighted by Gasteiger charge is 2.24. The minimum Gasteiger partial charge on any atom is -0.497 e. The second-order valence-corrected chi connectivity index (χ2v) is 7.51. The molecule has 0 radical (unpaired) electrons. The summed E-state index contributed by atoms with van der Waals surface area (Å²) in [6, 6.07) is 15.2. The molecule has 0 saturated carbocycles. The maximum atomic E-state index is 12.5. The number of aromatic nitrogens is 2. The van der Waals surface area contributed by atoms with Gasteiger partial charge in [-0.15, -0.1) is 0 Å². The van der Waals surface area contributed by atoms with Crippen molar-refractivity contribution in [2.24, 2.45) is 0 Å². The lowest BCUT2D eigenvalue weighted by Crippen LogP contribution is -2.22. The Labute approximate surface area is 167 Å². The van der Waals surface area contributed by atoms with Crippen LogP contribution in [-0.2, 0) is 16.3 Å². The number of aryl methyl sites for hydroxylation is 1.